The summed E-state index contributed by atoms with van der Waals surface area (Å²) in [6.07, 6.45) is 2.03. The van der Waals surface area contributed by atoms with Crippen LogP contribution in [0.15, 0.2) is 82.6 Å². The van der Waals surface area contributed by atoms with E-state index in [-0.39, 0.29) is 23.2 Å². The number of carbonyl (C=O) groups excluding carboxylic acids is 1. The highest BCUT2D eigenvalue weighted by atomic mass is 35.5. The van der Waals surface area contributed by atoms with Gasteiger partial charge >= 0.3 is 0 Å². The number of para-hydroxylation sites is 1. The predicted octanol–water partition coefficient (Wildman–Crippen LogP) is 5.24. The second kappa shape index (κ2) is 13.3. The molecule has 5 rings (SSSR count). The zero-order chi connectivity index (χ0) is 27.4. The van der Waals surface area contributed by atoms with Crippen molar-refractivity contribution >= 4 is 72.5 Å². The Morgan fingerprint density at radius 3 is 2.42 bits per heavy atom. The second-order valence-electron chi connectivity index (χ2n) is 9.07. The lowest BCUT2D eigenvalue weighted by Gasteiger charge is -2.29. The molecule has 0 bridgehead atoms. The molecule has 1 fully saturated rings. The van der Waals surface area contributed by atoms with Crippen LogP contribution in [-0.2, 0) is 14.8 Å². The number of anilines is 2. The number of thiazole rings is 1. The van der Waals surface area contributed by atoms with E-state index in [1.54, 1.807) is 53.1 Å². The summed E-state index contributed by atoms with van der Waals surface area (Å²) in [5.41, 5.74) is 1.82. The Kier molecular flexibility index (Phi) is 10.1. The average Bonchev–Trinajstić information content (AvgIpc) is 3.40. The summed E-state index contributed by atoms with van der Waals surface area (Å²) in [6.45, 7) is 4.15. The van der Waals surface area contributed by atoms with Crippen LogP contribution >= 0.6 is 35.5 Å². The standard InChI is InChI=1S/C28H30N4O4S3.ClH/c1-30(22-6-4-3-5-7-22)39(34,35)24-11-8-21(9-12-24)27(33)32(15-14-31-16-18-36-19-17-31)28-29-25-13-10-23(37-2)20-26(25)38-28;/h3-13,20H,14-19H2,1-2H3;1H. The predicted molar refractivity (Wildman–Crippen MR) is 166 cm³/mol. The van der Waals surface area contributed by atoms with Gasteiger partial charge in [-0.05, 0) is 60.9 Å². The molecule has 212 valence electrons. The number of halogens is 1. The molecule has 1 saturated heterocycles. The van der Waals surface area contributed by atoms with Crippen LogP contribution in [0.3, 0.4) is 0 Å². The maximum Gasteiger partial charge on any atom is 0.264 e. The number of hydrogen-bond acceptors (Lipinski definition) is 8. The van der Waals surface area contributed by atoms with Gasteiger partial charge in [0.15, 0.2) is 5.13 Å². The number of amides is 1. The quantitative estimate of drug-likeness (QED) is 0.237. The summed E-state index contributed by atoms with van der Waals surface area (Å²) in [5, 5.41) is 0.627. The maximum atomic E-state index is 13.8. The molecule has 1 amide bonds. The van der Waals surface area contributed by atoms with Gasteiger partial charge in [0.25, 0.3) is 15.9 Å². The molecule has 1 aliphatic rings. The van der Waals surface area contributed by atoms with Gasteiger partial charge in [-0.2, -0.15) is 0 Å². The highest BCUT2D eigenvalue weighted by Crippen LogP contribution is 2.32. The van der Waals surface area contributed by atoms with Crippen LogP contribution in [-0.4, -0.2) is 76.9 Å². The molecule has 40 heavy (non-hydrogen) atoms. The lowest BCUT2D eigenvalue weighted by molar-refractivity contribution is 0.0391. The van der Waals surface area contributed by atoms with Gasteiger partial charge in [0.05, 0.1) is 34.0 Å². The minimum Gasteiger partial charge on any atom is -0.379 e. The normalized spacial score (nSPS) is 14.1. The number of rotatable bonds is 9. The van der Waals surface area contributed by atoms with E-state index in [4.69, 9.17) is 9.72 Å². The van der Waals surface area contributed by atoms with Crippen LogP contribution in [0.2, 0.25) is 0 Å². The molecule has 8 nitrogen and oxygen atoms in total. The van der Waals surface area contributed by atoms with Gasteiger partial charge in [-0.3, -0.25) is 18.9 Å². The summed E-state index contributed by atoms with van der Waals surface area (Å²) >= 11 is 3.15. The number of carbonyl (C=O) groups is 1. The molecule has 1 aliphatic heterocycles. The molecule has 0 saturated carbocycles. The van der Waals surface area contributed by atoms with E-state index < -0.39 is 10.0 Å². The Morgan fingerprint density at radius 1 is 1.05 bits per heavy atom. The summed E-state index contributed by atoms with van der Waals surface area (Å²) in [5.74, 6) is -0.215. The molecule has 0 aliphatic carbocycles. The SMILES string of the molecule is CSc1ccc2nc(N(CCN3CCOCC3)C(=O)c3ccc(S(=O)(=O)N(C)c4ccccc4)cc3)sc2c1.Cl. The van der Waals surface area contributed by atoms with Crippen LogP contribution in [0.25, 0.3) is 10.2 Å². The molecule has 0 unspecified atom stereocenters. The van der Waals surface area contributed by atoms with Crippen molar-refractivity contribution in [3.8, 4) is 0 Å². The fourth-order valence-corrected chi connectivity index (χ4v) is 7.08. The van der Waals surface area contributed by atoms with E-state index in [2.05, 4.69) is 11.0 Å². The van der Waals surface area contributed by atoms with Gasteiger partial charge in [-0.15, -0.1) is 24.2 Å². The lowest BCUT2D eigenvalue weighted by Crippen LogP contribution is -2.43. The first kappa shape index (κ1) is 30.3. The third kappa shape index (κ3) is 6.62. The van der Waals surface area contributed by atoms with E-state index in [1.807, 2.05) is 24.5 Å². The van der Waals surface area contributed by atoms with E-state index in [1.165, 1.54) is 34.8 Å². The zero-order valence-corrected chi connectivity index (χ0v) is 25.5. The number of morpholine rings is 1. The summed E-state index contributed by atoms with van der Waals surface area (Å²) < 4.78 is 34.1. The number of thioether (sulfide) groups is 1. The van der Waals surface area contributed by atoms with Crippen LogP contribution in [0, 0.1) is 0 Å². The van der Waals surface area contributed by atoms with Crippen molar-refractivity contribution in [3.63, 3.8) is 0 Å². The number of nitrogens with zero attached hydrogens (tertiary/aromatic N) is 4. The first-order valence-corrected chi connectivity index (χ1v) is 16.1. The molecule has 0 atom stereocenters. The van der Waals surface area contributed by atoms with Crippen LogP contribution < -0.4 is 9.21 Å². The van der Waals surface area contributed by atoms with Crippen molar-refractivity contribution < 1.29 is 17.9 Å². The molecule has 1 aromatic heterocycles. The largest absolute Gasteiger partial charge is 0.379 e. The monoisotopic (exact) mass is 618 g/mol. The first-order valence-electron chi connectivity index (χ1n) is 12.6. The average molecular weight is 619 g/mol. The fourth-order valence-electron chi connectivity index (χ4n) is 4.35. The number of ether oxygens (including phenoxy) is 1. The minimum absolute atomic E-state index is 0. The second-order valence-corrected chi connectivity index (χ2v) is 12.9. The Hall–Kier alpha value is -2.67. The maximum absolute atomic E-state index is 13.8. The molecule has 2 heterocycles. The summed E-state index contributed by atoms with van der Waals surface area (Å²) in [6, 6.07) is 21.1. The summed E-state index contributed by atoms with van der Waals surface area (Å²) in [4.78, 5) is 23.8. The molecule has 0 radical (unpaired) electrons. The van der Waals surface area contributed by atoms with Crippen molar-refractivity contribution in [2.75, 3.05) is 61.9 Å². The van der Waals surface area contributed by atoms with Gasteiger partial charge in [-0.1, -0.05) is 29.5 Å². The van der Waals surface area contributed by atoms with Gasteiger partial charge in [0, 0.05) is 43.7 Å². The van der Waals surface area contributed by atoms with E-state index in [9.17, 15) is 13.2 Å². The van der Waals surface area contributed by atoms with E-state index >= 15 is 0 Å². The van der Waals surface area contributed by atoms with Crippen molar-refractivity contribution in [1.82, 2.24) is 9.88 Å². The van der Waals surface area contributed by atoms with Crippen molar-refractivity contribution in [3.05, 3.63) is 78.4 Å². The molecule has 4 aromatic rings. The van der Waals surface area contributed by atoms with Gasteiger partial charge in [0.2, 0.25) is 0 Å². The topological polar surface area (TPSA) is 83.0 Å². The minimum atomic E-state index is -3.78. The number of fused-ring (bicyclic) bond motifs is 1. The zero-order valence-electron chi connectivity index (χ0n) is 22.2. The molecule has 3 aromatic carbocycles. The third-order valence-electron chi connectivity index (χ3n) is 6.68. The number of aromatic nitrogens is 1. The Bertz CT molecular complexity index is 1540. The van der Waals surface area contributed by atoms with Gasteiger partial charge in [-0.25, -0.2) is 13.4 Å². The number of benzene rings is 3. The van der Waals surface area contributed by atoms with E-state index in [0.29, 0.717) is 42.7 Å². The Labute approximate surface area is 249 Å². The van der Waals surface area contributed by atoms with Crippen LogP contribution in [0.5, 0.6) is 0 Å². The Balaban J connectivity index is 0.00000370. The third-order valence-corrected chi connectivity index (χ3v) is 10.2. The smallest absolute Gasteiger partial charge is 0.264 e. The van der Waals surface area contributed by atoms with E-state index in [0.717, 1.165) is 28.2 Å². The van der Waals surface area contributed by atoms with Crippen molar-refractivity contribution in [2.24, 2.45) is 0 Å². The molecule has 0 spiro atoms. The summed E-state index contributed by atoms with van der Waals surface area (Å²) in [7, 11) is -2.26. The van der Waals surface area contributed by atoms with Crippen LogP contribution in [0.4, 0.5) is 10.8 Å². The highest BCUT2D eigenvalue weighted by molar-refractivity contribution is 7.98. The van der Waals surface area contributed by atoms with Crippen molar-refractivity contribution in [2.45, 2.75) is 9.79 Å². The van der Waals surface area contributed by atoms with Gasteiger partial charge in [0.1, 0.15) is 0 Å². The molecule has 0 N–H and O–H groups in total. The first-order chi connectivity index (χ1) is 18.9. The molecule has 12 heteroatoms. The lowest BCUT2D eigenvalue weighted by atomic mass is 10.2. The van der Waals surface area contributed by atoms with Gasteiger partial charge < -0.3 is 4.74 Å². The van der Waals surface area contributed by atoms with Crippen LogP contribution in [0.1, 0.15) is 10.4 Å². The fraction of sp³-hybridized carbons (Fsp3) is 0.286. The molecular weight excluding hydrogens is 588 g/mol. The highest BCUT2D eigenvalue weighted by Gasteiger charge is 2.25. The van der Waals surface area contributed by atoms with Crippen molar-refractivity contribution in [1.29, 1.82) is 0 Å². The Morgan fingerprint density at radius 2 is 1.75 bits per heavy atom. The number of hydrogen-bond donors (Lipinski definition) is 0. The molecular formula is C28H31ClN4O4S3. The number of sulfonamides is 1.